The summed E-state index contributed by atoms with van der Waals surface area (Å²) in [7, 11) is 0. The molecule has 0 spiro atoms. The van der Waals surface area contributed by atoms with Crippen LogP contribution in [0.4, 0.5) is 0 Å². The molecule has 1 saturated carbocycles. The van der Waals surface area contributed by atoms with Crippen LogP contribution in [0, 0.1) is 11.8 Å². The van der Waals surface area contributed by atoms with E-state index in [1.54, 1.807) is 24.3 Å². The number of halogens is 1. The van der Waals surface area contributed by atoms with Gasteiger partial charge in [-0.2, -0.15) is 0 Å². The van der Waals surface area contributed by atoms with Gasteiger partial charge in [-0.15, -0.1) is 0 Å². The molecule has 1 aromatic carbocycles. The van der Waals surface area contributed by atoms with Gasteiger partial charge in [0.15, 0.2) is 0 Å². The number of aliphatic hydroxyl groups is 1. The fraction of sp³-hybridized carbons (Fsp3) is 0.471. The molecule has 1 aliphatic carbocycles. The fourth-order valence-electron chi connectivity index (χ4n) is 3.59. The van der Waals surface area contributed by atoms with Gasteiger partial charge in [-0.05, 0) is 38.5 Å². The third kappa shape index (κ3) is 2.99. The molecule has 0 unspecified atom stereocenters. The highest BCUT2D eigenvalue weighted by Crippen LogP contribution is 2.46. The molecular weight excluding hydrogens is 304 g/mol. The molecule has 1 aromatic rings. The van der Waals surface area contributed by atoms with E-state index in [0.717, 1.165) is 0 Å². The molecule has 118 valence electrons. The van der Waals surface area contributed by atoms with E-state index in [1.807, 2.05) is 0 Å². The quantitative estimate of drug-likeness (QED) is 0.868. The molecule has 4 nitrogen and oxygen atoms in total. The van der Waals surface area contributed by atoms with Crippen molar-refractivity contribution < 1.29 is 19.5 Å². The molecule has 0 aliphatic heterocycles. The molecule has 0 bridgehead atoms. The van der Waals surface area contributed by atoms with Crippen LogP contribution in [0.2, 0.25) is 5.02 Å². The van der Waals surface area contributed by atoms with Crippen LogP contribution < -0.4 is 0 Å². The fourth-order valence-corrected chi connectivity index (χ4v) is 3.72. The summed E-state index contributed by atoms with van der Waals surface area (Å²) in [6, 6.07) is 6.71. The monoisotopic (exact) mass is 322 g/mol. The van der Waals surface area contributed by atoms with Gasteiger partial charge in [0.25, 0.3) is 0 Å². The Morgan fingerprint density at radius 3 is 2.18 bits per heavy atom. The van der Waals surface area contributed by atoms with E-state index in [0.29, 0.717) is 10.6 Å². The Labute approximate surface area is 134 Å². The lowest BCUT2D eigenvalue weighted by atomic mass is 9.60. The number of carbonyl (C=O) groups is 3. The molecule has 2 rings (SSSR count). The summed E-state index contributed by atoms with van der Waals surface area (Å²) in [6.07, 6.45) is -0.189. The maximum atomic E-state index is 12.4. The van der Waals surface area contributed by atoms with E-state index >= 15 is 0 Å². The molecule has 0 aromatic heterocycles. The SMILES string of the molecule is CC(=O)[C@H]1C(=O)C[C@@](C)(O)[C@H](C(C)=O)[C@@H]1c1ccc(Cl)cc1. The van der Waals surface area contributed by atoms with Gasteiger partial charge in [-0.1, -0.05) is 23.7 Å². The summed E-state index contributed by atoms with van der Waals surface area (Å²) in [5.41, 5.74) is -0.794. The zero-order chi connectivity index (χ0) is 16.7. The maximum absolute atomic E-state index is 12.4. The average Bonchev–Trinajstić information content (AvgIpc) is 2.36. The summed E-state index contributed by atoms with van der Waals surface area (Å²) in [5, 5.41) is 11.1. The van der Waals surface area contributed by atoms with Crippen molar-refractivity contribution in [3.05, 3.63) is 34.9 Å². The molecule has 1 N–H and O–H groups in total. The normalized spacial score (nSPS) is 31.9. The highest BCUT2D eigenvalue weighted by Gasteiger charge is 2.53. The van der Waals surface area contributed by atoms with Crippen LogP contribution in [0.5, 0.6) is 0 Å². The van der Waals surface area contributed by atoms with Crippen molar-refractivity contribution >= 4 is 29.0 Å². The first-order valence-corrected chi connectivity index (χ1v) is 7.54. The lowest BCUT2D eigenvalue weighted by Gasteiger charge is -2.44. The van der Waals surface area contributed by atoms with Gasteiger partial charge in [0.2, 0.25) is 0 Å². The first kappa shape index (κ1) is 16.8. The minimum Gasteiger partial charge on any atom is -0.389 e. The van der Waals surface area contributed by atoms with Crippen molar-refractivity contribution in [2.45, 2.75) is 38.7 Å². The van der Waals surface area contributed by atoms with Crippen molar-refractivity contribution in [2.24, 2.45) is 11.8 Å². The van der Waals surface area contributed by atoms with Gasteiger partial charge in [0, 0.05) is 17.4 Å². The van der Waals surface area contributed by atoms with Gasteiger partial charge in [-0.25, -0.2) is 0 Å². The maximum Gasteiger partial charge on any atom is 0.146 e. The Kier molecular flexibility index (Phi) is 4.54. The molecule has 22 heavy (non-hydrogen) atoms. The molecule has 4 atom stereocenters. The van der Waals surface area contributed by atoms with Crippen molar-refractivity contribution in [2.75, 3.05) is 0 Å². The highest BCUT2D eigenvalue weighted by atomic mass is 35.5. The van der Waals surface area contributed by atoms with Gasteiger partial charge >= 0.3 is 0 Å². The van der Waals surface area contributed by atoms with E-state index in [9.17, 15) is 19.5 Å². The molecule has 0 radical (unpaired) electrons. The van der Waals surface area contributed by atoms with Crippen LogP contribution >= 0.6 is 11.6 Å². The molecular formula is C17H19ClO4. The second-order valence-corrected chi connectivity index (χ2v) is 6.69. The van der Waals surface area contributed by atoms with Crippen molar-refractivity contribution in [1.82, 2.24) is 0 Å². The largest absolute Gasteiger partial charge is 0.389 e. The van der Waals surface area contributed by atoms with Crippen LogP contribution in [0.3, 0.4) is 0 Å². The Morgan fingerprint density at radius 2 is 1.73 bits per heavy atom. The minimum absolute atomic E-state index is 0.189. The first-order chi connectivity index (χ1) is 10.1. The zero-order valence-electron chi connectivity index (χ0n) is 12.8. The third-order valence-electron chi connectivity index (χ3n) is 4.40. The Hall–Kier alpha value is -1.52. The minimum atomic E-state index is -1.46. The Morgan fingerprint density at radius 1 is 1.18 bits per heavy atom. The van der Waals surface area contributed by atoms with E-state index in [2.05, 4.69) is 0 Å². The van der Waals surface area contributed by atoms with E-state index in [4.69, 9.17) is 11.6 Å². The number of benzene rings is 1. The van der Waals surface area contributed by atoms with Crippen molar-refractivity contribution in [3.63, 3.8) is 0 Å². The van der Waals surface area contributed by atoms with Gasteiger partial charge in [0.05, 0.1) is 17.4 Å². The van der Waals surface area contributed by atoms with Crippen molar-refractivity contribution in [3.8, 4) is 0 Å². The van der Waals surface area contributed by atoms with Gasteiger partial charge in [-0.3, -0.25) is 14.4 Å². The van der Waals surface area contributed by atoms with Crippen LogP contribution in [-0.4, -0.2) is 28.1 Å². The highest BCUT2D eigenvalue weighted by molar-refractivity contribution is 6.30. The van der Waals surface area contributed by atoms with Gasteiger partial charge < -0.3 is 5.11 Å². The first-order valence-electron chi connectivity index (χ1n) is 7.16. The van der Waals surface area contributed by atoms with Crippen LogP contribution in [0.25, 0.3) is 0 Å². The lowest BCUT2D eigenvalue weighted by molar-refractivity contribution is -0.151. The lowest BCUT2D eigenvalue weighted by Crippen LogP contribution is -2.53. The second-order valence-electron chi connectivity index (χ2n) is 6.25. The van der Waals surface area contributed by atoms with Crippen molar-refractivity contribution in [1.29, 1.82) is 0 Å². The third-order valence-corrected chi connectivity index (χ3v) is 4.65. The van der Waals surface area contributed by atoms with E-state index < -0.39 is 23.4 Å². The standard InChI is InChI=1S/C17H19ClO4/c1-9(19)14-13(21)8-17(3,22)16(10(2)20)15(14)11-4-6-12(18)7-5-11/h4-7,14-16,22H,8H2,1-3H3/t14-,15+,16+,17+/m0/s1. The number of hydrogen-bond acceptors (Lipinski definition) is 4. The van der Waals surface area contributed by atoms with E-state index in [-0.39, 0.29) is 23.8 Å². The smallest absolute Gasteiger partial charge is 0.146 e. The Bertz CT molecular complexity index is 618. The topological polar surface area (TPSA) is 71.4 Å². The molecule has 0 amide bonds. The van der Waals surface area contributed by atoms with Crippen LogP contribution in [0.1, 0.15) is 38.7 Å². The summed E-state index contributed by atoms with van der Waals surface area (Å²) in [4.78, 5) is 36.5. The molecule has 1 fully saturated rings. The summed E-state index contributed by atoms with van der Waals surface area (Å²) in [5.74, 6) is -3.22. The summed E-state index contributed by atoms with van der Waals surface area (Å²) < 4.78 is 0. The number of carbonyl (C=O) groups excluding carboxylic acids is 3. The molecule has 1 aliphatic rings. The Balaban J connectivity index is 2.61. The number of Topliss-reactive ketones (excluding diaryl/α,β-unsaturated/α-hetero) is 3. The second kappa shape index (κ2) is 5.94. The molecule has 5 heteroatoms. The predicted octanol–water partition coefficient (Wildman–Crippen LogP) is 2.56. The number of rotatable bonds is 3. The van der Waals surface area contributed by atoms with Gasteiger partial charge in [0.1, 0.15) is 17.3 Å². The van der Waals surface area contributed by atoms with Crippen LogP contribution in [0.15, 0.2) is 24.3 Å². The average molecular weight is 323 g/mol. The summed E-state index contributed by atoms with van der Waals surface area (Å²) >= 11 is 5.88. The molecule has 0 heterocycles. The summed E-state index contributed by atoms with van der Waals surface area (Å²) in [6.45, 7) is 4.22. The van der Waals surface area contributed by atoms with Crippen LogP contribution in [-0.2, 0) is 14.4 Å². The molecule has 0 saturated heterocycles. The number of hydrogen-bond donors (Lipinski definition) is 1. The number of ketones is 3. The predicted molar refractivity (Wildman–Crippen MR) is 82.8 cm³/mol. The zero-order valence-corrected chi connectivity index (χ0v) is 13.6. The van der Waals surface area contributed by atoms with E-state index in [1.165, 1.54) is 20.8 Å².